The van der Waals surface area contributed by atoms with Gasteiger partial charge in [0.2, 0.25) is 0 Å². The van der Waals surface area contributed by atoms with Crippen molar-refractivity contribution in [1.29, 1.82) is 0 Å². The number of hydrogen-bond acceptors (Lipinski definition) is 2. The van der Waals surface area contributed by atoms with Gasteiger partial charge in [0.05, 0.1) is 17.1 Å². The van der Waals surface area contributed by atoms with E-state index in [1.54, 1.807) is 23.7 Å². The first kappa shape index (κ1) is 15.3. The molecule has 3 rings (SSSR count). The number of rotatable bonds is 3. The summed E-state index contributed by atoms with van der Waals surface area (Å²) in [4.78, 5) is 11.7. The maximum absolute atomic E-state index is 11.7. The predicted molar refractivity (Wildman–Crippen MR) is 90.4 cm³/mol. The average Bonchev–Trinajstić information content (AvgIpc) is 2.85. The Balaban J connectivity index is 2.30. The molecule has 0 radical (unpaired) electrons. The number of benzene rings is 2. The fraction of sp³-hybridized carbons (Fsp3) is 0.111. The molecule has 1 heterocycles. The van der Waals surface area contributed by atoms with Crippen molar-refractivity contribution in [2.45, 2.75) is 13.8 Å². The number of aromatic nitrogens is 2. The van der Waals surface area contributed by atoms with Crippen molar-refractivity contribution in [2.75, 3.05) is 0 Å². The molecular formula is C18H15ClN2O2. The molecule has 23 heavy (non-hydrogen) atoms. The first-order valence-corrected chi connectivity index (χ1v) is 7.51. The Morgan fingerprint density at radius 1 is 1.13 bits per heavy atom. The Kier molecular flexibility index (Phi) is 3.92. The van der Waals surface area contributed by atoms with Gasteiger partial charge in [-0.2, -0.15) is 5.10 Å². The molecule has 0 aliphatic heterocycles. The summed E-state index contributed by atoms with van der Waals surface area (Å²) in [6.07, 6.45) is 0. The quantitative estimate of drug-likeness (QED) is 0.770. The van der Waals surface area contributed by atoms with E-state index in [2.05, 4.69) is 5.10 Å². The fourth-order valence-corrected chi connectivity index (χ4v) is 2.74. The van der Waals surface area contributed by atoms with Crippen LogP contribution < -0.4 is 0 Å². The van der Waals surface area contributed by atoms with Gasteiger partial charge in [0.15, 0.2) is 0 Å². The van der Waals surface area contributed by atoms with Gasteiger partial charge < -0.3 is 5.11 Å². The number of carboxylic acid groups (broad SMARTS) is 1. The molecule has 0 unspecified atom stereocenters. The fourth-order valence-electron chi connectivity index (χ4n) is 2.56. The lowest BCUT2D eigenvalue weighted by Gasteiger charge is -2.09. The van der Waals surface area contributed by atoms with Gasteiger partial charge in [-0.25, -0.2) is 9.48 Å². The second kappa shape index (κ2) is 5.89. The summed E-state index contributed by atoms with van der Waals surface area (Å²) in [6.45, 7) is 3.68. The van der Waals surface area contributed by atoms with Gasteiger partial charge in [0.25, 0.3) is 0 Å². The Morgan fingerprint density at radius 2 is 1.83 bits per heavy atom. The van der Waals surface area contributed by atoms with Gasteiger partial charge in [0.1, 0.15) is 5.56 Å². The van der Waals surface area contributed by atoms with E-state index in [9.17, 15) is 9.90 Å². The number of nitrogens with zero attached hydrogens (tertiary/aromatic N) is 2. The molecule has 0 atom stereocenters. The SMILES string of the molecule is Cc1ccc(-c2c(C(=O)O)c(C)nn2-c2cccc(Cl)c2)cc1. The minimum absolute atomic E-state index is 0.203. The molecule has 1 aromatic heterocycles. The third-order valence-electron chi connectivity index (χ3n) is 3.65. The van der Waals surface area contributed by atoms with Gasteiger partial charge in [-0.3, -0.25) is 0 Å². The summed E-state index contributed by atoms with van der Waals surface area (Å²) in [5.74, 6) is -0.994. The minimum Gasteiger partial charge on any atom is -0.478 e. The maximum atomic E-state index is 11.7. The summed E-state index contributed by atoms with van der Waals surface area (Å²) in [5, 5.41) is 14.6. The molecule has 4 nitrogen and oxygen atoms in total. The van der Waals surface area contributed by atoms with Crippen molar-refractivity contribution in [3.63, 3.8) is 0 Å². The van der Waals surface area contributed by atoms with E-state index in [0.717, 1.165) is 16.8 Å². The second-order valence-corrected chi connectivity index (χ2v) is 5.81. The van der Waals surface area contributed by atoms with Gasteiger partial charge in [-0.15, -0.1) is 0 Å². The Hall–Kier alpha value is -2.59. The molecule has 0 spiro atoms. The van der Waals surface area contributed by atoms with Crippen molar-refractivity contribution in [3.8, 4) is 16.9 Å². The van der Waals surface area contributed by atoms with Crippen LogP contribution in [0.15, 0.2) is 48.5 Å². The van der Waals surface area contributed by atoms with Crippen LogP contribution in [0.1, 0.15) is 21.6 Å². The number of carboxylic acids is 1. The maximum Gasteiger partial charge on any atom is 0.339 e. The molecule has 2 aromatic carbocycles. The van der Waals surface area contributed by atoms with Crippen LogP contribution in [0.4, 0.5) is 0 Å². The molecule has 5 heteroatoms. The van der Waals surface area contributed by atoms with Crippen LogP contribution in [-0.2, 0) is 0 Å². The average molecular weight is 327 g/mol. The largest absolute Gasteiger partial charge is 0.478 e. The third-order valence-corrected chi connectivity index (χ3v) is 3.89. The molecule has 0 aliphatic carbocycles. The Morgan fingerprint density at radius 3 is 2.43 bits per heavy atom. The van der Waals surface area contributed by atoms with Crippen LogP contribution in [0.2, 0.25) is 5.02 Å². The number of aryl methyl sites for hydroxylation is 2. The van der Waals surface area contributed by atoms with Gasteiger partial charge in [-0.1, -0.05) is 47.5 Å². The highest BCUT2D eigenvalue weighted by Gasteiger charge is 2.23. The van der Waals surface area contributed by atoms with Crippen LogP contribution >= 0.6 is 11.6 Å². The van der Waals surface area contributed by atoms with E-state index < -0.39 is 5.97 Å². The van der Waals surface area contributed by atoms with E-state index in [0.29, 0.717) is 16.4 Å². The minimum atomic E-state index is -0.994. The highest BCUT2D eigenvalue weighted by molar-refractivity contribution is 6.30. The van der Waals surface area contributed by atoms with Crippen molar-refractivity contribution in [2.24, 2.45) is 0 Å². The number of halogens is 1. The van der Waals surface area contributed by atoms with E-state index in [1.165, 1.54) is 0 Å². The van der Waals surface area contributed by atoms with Crippen LogP contribution in [0.25, 0.3) is 16.9 Å². The Labute approximate surface area is 139 Å². The predicted octanol–water partition coefficient (Wildman–Crippen LogP) is 4.51. The third kappa shape index (κ3) is 2.85. The van der Waals surface area contributed by atoms with Crippen LogP contribution in [0, 0.1) is 13.8 Å². The van der Waals surface area contributed by atoms with Crippen molar-refractivity contribution >= 4 is 17.6 Å². The first-order valence-electron chi connectivity index (χ1n) is 7.13. The molecule has 0 bridgehead atoms. The molecule has 116 valence electrons. The van der Waals surface area contributed by atoms with E-state index in [1.807, 2.05) is 43.3 Å². The van der Waals surface area contributed by atoms with Crippen LogP contribution in [-0.4, -0.2) is 20.9 Å². The molecule has 0 fully saturated rings. The molecular weight excluding hydrogens is 312 g/mol. The zero-order chi connectivity index (χ0) is 16.6. The summed E-state index contributed by atoms with van der Waals surface area (Å²) in [6, 6.07) is 14.9. The molecule has 0 aliphatic rings. The van der Waals surface area contributed by atoms with Crippen molar-refractivity contribution in [1.82, 2.24) is 9.78 Å². The lowest BCUT2D eigenvalue weighted by molar-refractivity contribution is 0.0697. The summed E-state index contributed by atoms with van der Waals surface area (Å²) >= 11 is 6.07. The van der Waals surface area contributed by atoms with Gasteiger partial charge >= 0.3 is 5.97 Å². The highest BCUT2D eigenvalue weighted by Crippen LogP contribution is 2.30. The van der Waals surface area contributed by atoms with Gasteiger partial charge in [-0.05, 0) is 32.0 Å². The molecule has 0 amide bonds. The summed E-state index contributed by atoms with van der Waals surface area (Å²) in [7, 11) is 0. The molecule has 3 aromatic rings. The molecule has 0 saturated heterocycles. The first-order chi connectivity index (χ1) is 11.0. The van der Waals surface area contributed by atoms with E-state index >= 15 is 0 Å². The normalized spacial score (nSPS) is 10.7. The topological polar surface area (TPSA) is 55.1 Å². The number of hydrogen-bond donors (Lipinski definition) is 1. The highest BCUT2D eigenvalue weighted by atomic mass is 35.5. The summed E-state index contributed by atoms with van der Waals surface area (Å²) in [5.41, 5.74) is 3.85. The summed E-state index contributed by atoms with van der Waals surface area (Å²) < 4.78 is 1.63. The second-order valence-electron chi connectivity index (χ2n) is 5.37. The zero-order valence-electron chi connectivity index (χ0n) is 12.7. The van der Waals surface area contributed by atoms with Crippen LogP contribution in [0.3, 0.4) is 0 Å². The number of aromatic carboxylic acids is 1. The van der Waals surface area contributed by atoms with Crippen molar-refractivity contribution in [3.05, 3.63) is 70.4 Å². The zero-order valence-corrected chi connectivity index (χ0v) is 13.5. The lowest BCUT2D eigenvalue weighted by atomic mass is 10.0. The monoisotopic (exact) mass is 326 g/mol. The standard InChI is InChI=1S/C18H15ClN2O2/c1-11-6-8-13(9-7-11)17-16(18(22)23)12(2)20-21(17)15-5-3-4-14(19)10-15/h3-10H,1-2H3,(H,22,23). The van der Waals surface area contributed by atoms with E-state index in [-0.39, 0.29) is 5.56 Å². The lowest BCUT2D eigenvalue weighted by Crippen LogP contribution is -2.03. The van der Waals surface area contributed by atoms with Crippen molar-refractivity contribution < 1.29 is 9.90 Å². The number of carbonyl (C=O) groups is 1. The smallest absolute Gasteiger partial charge is 0.339 e. The van der Waals surface area contributed by atoms with E-state index in [4.69, 9.17) is 11.6 Å². The Bertz CT molecular complexity index is 883. The van der Waals surface area contributed by atoms with Crippen LogP contribution in [0.5, 0.6) is 0 Å². The van der Waals surface area contributed by atoms with Gasteiger partial charge in [0, 0.05) is 10.6 Å². The molecule has 1 N–H and O–H groups in total. The molecule has 0 saturated carbocycles.